The smallest absolute Gasteiger partial charge is 0.204 e. The first kappa shape index (κ1) is 12.6. The lowest BCUT2D eigenvalue weighted by Crippen LogP contribution is -2.18. The van der Waals surface area contributed by atoms with Gasteiger partial charge in [0.2, 0.25) is 5.95 Å². The summed E-state index contributed by atoms with van der Waals surface area (Å²) in [7, 11) is 5.98. The molecule has 0 saturated carbocycles. The lowest BCUT2D eigenvalue weighted by atomic mass is 10.3. The molecule has 2 aromatic rings. The molecule has 0 aliphatic carbocycles. The monoisotopic (exact) mass is 249 g/mol. The van der Waals surface area contributed by atoms with Crippen LogP contribution in [0, 0.1) is 6.92 Å². The first-order valence-corrected chi connectivity index (χ1v) is 5.88. The van der Waals surface area contributed by atoms with Gasteiger partial charge in [0.1, 0.15) is 5.76 Å². The van der Waals surface area contributed by atoms with E-state index in [1.807, 2.05) is 45.2 Å². The molecule has 0 aliphatic rings. The maximum Gasteiger partial charge on any atom is 0.204 e. The van der Waals surface area contributed by atoms with Crippen molar-refractivity contribution in [1.82, 2.24) is 20.0 Å². The van der Waals surface area contributed by atoms with Gasteiger partial charge in [-0.05, 0) is 6.92 Å². The van der Waals surface area contributed by atoms with Gasteiger partial charge in [-0.1, -0.05) is 5.16 Å². The van der Waals surface area contributed by atoms with Gasteiger partial charge in [0.25, 0.3) is 0 Å². The summed E-state index contributed by atoms with van der Waals surface area (Å²) in [6, 6.07) is 1.93. The highest BCUT2D eigenvalue weighted by Gasteiger charge is 2.07. The highest BCUT2D eigenvalue weighted by Crippen LogP contribution is 2.10. The lowest BCUT2D eigenvalue weighted by molar-refractivity contribution is 0.388. The Bertz CT molecular complexity index is 514. The zero-order valence-corrected chi connectivity index (χ0v) is 11.3. The molecule has 1 N–H and O–H groups in total. The van der Waals surface area contributed by atoms with E-state index in [2.05, 4.69) is 20.0 Å². The highest BCUT2D eigenvalue weighted by atomic mass is 16.5. The van der Waals surface area contributed by atoms with Crippen LogP contribution >= 0.6 is 0 Å². The van der Waals surface area contributed by atoms with Crippen LogP contribution in [-0.4, -0.2) is 28.8 Å². The van der Waals surface area contributed by atoms with Crippen molar-refractivity contribution in [3.05, 3.63) is 29.4 Å². The molecule has 2 aromatic heterocycles. The van der Waals surface area contributed by atoms with Crippen molar-refractivity contribution in [2.24, 2.45) is 7.05 Å². The van der Waals surface area contributed by atoms with Crippen LogP contribution in [0.4, 0.5) is 5.95 Å². The van der Waals surface area contributed by atoms with Crippen molar-refractivity contribution < 1.29 is 4.52 Å². The summed E-state index contributed by atoms with van der Waals surface area (Å²) in [6.45, 7) is 3.34. The Labute approximate surface area is 107 Å². The number of imidazole rings is 1. The maximum atomic E-state index is 5.01. The molecular formula is C12H19N5O. The van der Waals surface area contributed by atoms with Crippen LogP contribution in [-0.2, 0) is 20.1 Å². The second-order valence-electron chi connectivity index (χ2n) is 4.54. The Hall–Kier alpha value is -1.82. The number of nitrogens with zero attached hydrogens (tertiary/aromatic N) is 4. The van der Waals surface area contributed by atoms with Gasteiger partial charge in [0, 0.05) is 40.3 Å². The van der Waals surface area contributed by atoms with Crippen LogP contribution in [0.3, 0.4) is 0 Å². The minimum absolute atomic E-state index is 0.694. The highest BCUT2D eigenvalue weighted by molar-refractivity contribution is 5.30. The van der Waals surface area contributed by atoms with Crippen LogP contribution < -0.4 is 10.2 Å². The molecule has 0 bridgehead atoms. The number of anilines is 1. The SMILES string of the molecule is Cc1cc(CNCc2cnc(N(C)C)n2C)no1. The van der Waals surface area contributed by atoms with E-state index in [4.69, 9.17) is 4.52 Å². The van der Waals surface area contributed by atoms with Crippen molar-refractivity contribution in [2.75, 3.05) is 19.0 Å². The molecule has 0 unspecified atom stereocenters. The molecule has 0 amide bonds. The Kier molecular flexibility index (Phi) is 3.66. The van der Waals surface area contributed by atoms with Gasteiger partial charge in [-0.15, -0.1) is 0 Å². The molecule has 0 saturated heterocycles. The minimum Gasteiger partial charge on any atom is -0.361 e. The second-order valence-corrected chi connectivity index (χ2v) is 4.54. The fourth-order valence-corrected chi connectivity index (χ4v) is 1.83. The van der Waals surface area contributed by atoms with Crippen LogP contribution in [0.5, 0.6) is 0 Å². The first-order valence-electron chi connectivity index (χ1n) is 5.88. The van der Waals surface area contributed by atoms with E-state index >= 15 is 0 Å². The normalized spacial score (nSPS) is 10.9. The van der Waals surface area contributed by atoms with E-state index in [1.54, 1.807) is 0 Å². The quantitative estimate of drug-likeness (QED) is 0.859. The third-order valence-electron chi connectivity index (χ3n) is 2.75. The molecular weight excluding hydrogens is 230 g/mol. The average Bonchev–Trinajstić information content (AvgIpc) is 2.87. The van der Waals surface area contributed by atoms with E-state index in [9.17, 15) is 0 Å². The van der Waals surface area contributed by atoms with E-state index in [-0.39, 0.29) is 0 Å². The van der Waals surface area contributed by atoms with Gasteiger partial charge in [-0.3, -0.25) is 0 Å². The number of nitrogens with one attached hydrogen (secondary N) is 1. The van der Waals surface area contributed by atoms with Gasteiger partial charge < -0.3 is 19.3 Å². The maximum absolute atomic E-state index is 5.01. The standard InChI is InChI=1S/C12H19N5O/c1-9-5-10(15-18-9)6-13-7-11-8-14-12(16(2)3)17(11)4/h5,8,13H,6-7H2,1-4H3. The Morgan fingerprint density at radius 1 is 1.39 bits per heavy atom. The van der Waals surface area contributed by atoms with Crippen LogP contribution in [0.15, 0.2) is 16.8 Å². The number of aryl methyl sites for hydroxylation is 1. The van der Waals surface area contributed by atoms with Gasteiger partial charge in [-0.25, -0.2) is 4.98 Å². The zero-order chi connectivity index (χ0) is 13.1. The molecule has 6 heteroatoms. The fourth-order valence-electron chi connectivity index (χ4n) is 1.83. The summed E-state index contributed by atoms with van der Waals surface area (Å²) in [6.07, 6.45) is 1.89. The third-order valence-corrected chi connectivity index (χ3v) is 2.75. The van der Waals surface area contributed by atoms with Crippen LogP contribution in [0.25, 0.3) is 0 Å². The molecule has 6 nitrogen and oxygen atoms in total. The summed E-state index contributed by atoms with van der Waals surface area (Å²) in [4.78, 5) is 6.35. The number of hydrogen-bond acceptors (Lipinski definition) is 5. The molecule has 0 aromatic carbocycles. The largest absolute Gasteiger partial charge is 0.361 e. The minimum atomic E-state index is 0.694. The average molecular weight is 249 g/mol. The first-order chi connectivity index (χ1) is 8.58. The van der Waals surface area contributed by atoms with E-state index in [1.165, 1.54) is 0 Å². The Balaban J connectivity index is 1.90. The van der Waals surface area contributed by atoms with E-state index < -0.39 is 0 Å². The van der Waals surface area contributed by atoms with Crippen molar-refractivity contribution in [3.63, 3.8) is 0 Å². The van der Waals surface area contributed by atoms with Gasteiger partial charge >= 0.3 is 0 Å². The molecule has 18 heavy (non-hydrogen) atoms. The molecule has 98 valence electrons. The molecule has 2 rings (SSSR count). The molecule has 2 heterocycles. The predicted molar refractivity (Wildman–Crippen MR) is 69.3 cm³/mol. The predicted octanol–water partition coefficient (Wildman–Crippen LogP) is 1.07. The van der Waals surface area contributed by atoms with Crippen molar-refractivity contribution in [3.8, 4) is 0 Å². The molecule has 0 atom stereocenters. The van der Waals surface area contributed by atoms with E-state index in [0.717, 1.165) is 29.6 Å². The molecule has 0 radical (unpaired) electrons. The Morgan fingerprint density at radius 2 is 2.17 bits per heavy atom. The lowest BCUT2D eigenvalue weighted by Gasteiger charge is -2.12. The van der Waals surface area contributed by atoms with Crippen molar-refractivity contribution in [1.29, 1.82) is 0 Å². The second kappa shape index (κ2) is 5.22. The summed E-state index contributed by atoms with van der Waals surface area (Å²) < 4.78 is 7.08. The van der Waals surface area contributed by atoms with Crippen molar-refractivity contribution in [2.45, 2.75) is 20.0 Å². The summed E-state index contributed by atoms with van der Waals surface area (Å²) in [5, 5.41) is 7.26. The number of hydrogen-bond donors (Lipinski definition) is 1. The molecule has 0 fully saturated rings. The topological polar surface area (TPSA) is 59.1 Å². The number of rotatable bonds is 5. The van der Waals surface area contributed by atoms with Gasteiger partial charge in [-0.2, -0.15) is 0 Å². The summed E-state index contributed by atoms with van der Waals surface area (Å²) >= 11 is 0. The Morgan fingerprint density at radius 3 is 2.72 bits per heavy atom. The fraction of sp³-hybridized carbons (Fsp3) is 0.500. The molecule has 0 aliphatic heterocycles. The molecule has 0 spiro atoms. The number of aromatic nitrogens is 3. The van der Waals surface area contributed by atoms with Gasteiger partial charge in [0.15, 0.2) is 0 Å². The van der Waals surface area contributed by atoms with Crippen molar-refractivity contribution >= 4 is 5.95 Å². The summed E-state index contributed by atoms with van der Waals surface area (Å²) in [5.41, 5.74) is 2.06. The van der Waals surface area contributed by atoms with Crippen LogP contribution in [0.1, 0.15) is 17.1 Å². The van der Waals surface area contributed by atoms with E-state index in [0.29, 0.717) is 6.54 Å². The van der Waals surface area contributed by atoms with Gasteiger partial charge in [0.05, 0.1) is 17.6 Å². The zero-order valence-electron chi connectivity index (χ0n) is 11.3. The third kappa shape index (κ3) is 2.70. The van der Waals surface area contributed by atoms with Crippen LogP contribution in [0.2, 0.25) is 0 Å². The summed E-state index contributed by atoms with van der Waals surface area (Å²) in [5.74, 6) is 1.78.